The molecule has 0 radical (unpaired) electrons. The fourth-order valence-corrected chi connectivity index (χ4v) is 3.46. The summed E-state index contributed by atoms with van der Waals surface area (Å²) in [5.41, 5.74) is 3.44. The Morgan fingerprint density at radius 1 is 1.12 bits per heavy atom. The van der Waals surface area contributed by atoms with Crippen molar-refractivity contribution < 1.29 is 23.5 Å². The number of aryl methyl sites for hydroxylation is 2. The molecule has 0 saturated heterocycles. The Hall–Kier alpha value is -3.87. The highest BCUT2D eigenvalue weighted by Crippen LogP contribution is 2.35. The van der Waals surface area contributed by atoms with Gasteiger partial charge in [0.05, 0.1) is 12.2 Å². The molecule has 0 saturated carbocycles. The predicted molar refractivity (Wildman–Crippen MR) is 120 cm³/mol. The van der Waals surface area contributed by atoms with Crippen LogP contribution < -0.4 is 19.7 Å². The van der Waals surface area contributed by atoms with E-state index in [0.29, 0.717) is 28.4 Å². The molecule has 0 aromatic heterocycles. The molecule has 32 heavy (non-hydrogen) atoms. The minimum Gasteiger partial charge on any atom is -0.483 e. The van der Waals surface area contributed by atoms with E-state index in [1.165, 1.54) is 11.0 Å². The Morgan fingerprint density at radius 2 is 1.94 bits per heavy atom. The van der Waals surface area contributed by atoms with Crippen molar-refractivity contribution in [2.45, 2.75) is 20.4 Å². The van der Waals surface area contributed by atoms with Crippen LogP contribution in [0.3, 0.4) is 0 Å². The lowest BCUT2D eigenvalue weighted by molar-refractivity contribution is -0.121. The standard InChI is InChI=1S/C25H23FN2O4/c1-16-7-8-17(2)22(11-16)31-14-24(29)27-19-9-10-21-23(12-19)32-15-25(30)28(21)13-18-5-3-4-6-20(18)26/h3-12H,13-15H2,1-2H3,(H,27,29). The van der Waals surface area contributed by atoms with E-state index >= 15 is 0 Å². The van der Waals surface area contributed by atoms with Crippen LogP contribution in [0.15, 0.2) is 60.7 Å². The van der Waals surface area contributed by atoms with Gasteiger partial charge in [0.25, 0.3) is 11.8 Å². The Balaban J connectivity index is 1.45. The highest BCUT2D eigenvalue weighted by molar-refractivity contribution is 5.99. The molecular formula is C25H23FN2O4. The van der Waals surface area contributed by atoms with Gasteiger partial charge in [0.15, 0.2) is 13.2 Å². The van der Waals surface area contributed by atoms with Gasteiger partial charge in [0.1, 0.15) is 17.3 Å². The quantitative estimate of drug-likeness (QED) is 0.625. The van der Waals surface area contributed by atoms with Crippen molar-refractivity contribution in [3.05, 3.63) is 83.2 Å². The number of rotatable bonds is 6. The van der Waals surface area contributed by atoms with Gasteiger partial charge in [-0.3, -0.25) is 9.59 Å². The molecule has 0 unspecified atom stereocenters. The van der Waals surface area contributed by atoms with Gasteiger partial charge in [-0.15, -0.1) is 0 Å². The molecule has 0 spiro atoms. The molecule has 1 aliphatic heterocycles. The van der Waals surface area contributed by atoms with Crippen LogP contribution >= 0.6 is 0 Å². The van der Waals surface area contributed by atoms with Crippen LogP contribution in [0.1, 0.15) is 16.7 Å². The van der Waals surface area contributed by atoms with Gasteiger partial charge in [0.2, 0.25) is 0 Å². The molecule has 4 rings (SSSR count). The van der Waals surface area contributed by atoms with Crippen molar-refractivity contribution in [3.8, 4) is 11.5 Å². The number of nitrogens with one attached hydrogen (secondary N) is 1. The largest absolute Gasteiger partial charge is 0.483 e. The van der Waals surface area contributed by atoms with Crippen molar-refractivity contribution in [2.24, 2.45) is 0 Å². The fourth-order valence-electron chi connectivity index (χ4n) is 3.46. The Bertz CT molecular complexity index is 1180. The monoisotopic (exact) mass is 434 g/mol. The maximum atomic E-state index is 14.1. The molecular weight excluding hydrogens is 411 g/mol. The van der Waals surface area contributed by atoms with Gasteiger partial charge in [-0.2, -0.15) is 0 Å². The number of carbonyl (C=O) groups excluding carboxylic acids is 2. The van der Waals surface area contributed by atoms with Crippen LogP contribution in [0, 0.1) is 19.7 Å². The van der Waals surface area contributed by atoms with E-state index in [2.05, 4.69) is 5.32 Å². The molecule has 1 aliphatic rings. The van der Waals surface area contributed by atoms with Crippen LogP contribution in [-0.4, -0.2) is 25.0 Å². The first-order chi connectivity index (χ1) is 15.4. The van der Waals surface area contributed by atoms with Crippen LogP contribution in [0.25, 0.3) is 0 Å². The third-order valence-corrected chi connectivity index (χ3v) is 5.18. The Morgan fingerprint density at radius 3 is 2.75 bits per heavy atom. The van der Waals surface area contributed by atoms with Crippen molar-refractivity contribution >= 4 is 23.2 Å². The summed E-state index contributed by atoms with van der Waals surface area (Å²) in [7, 11) is 0. The fraction of sp³-hybridized carbons (Fsp3) is 0.200. The summed E-state index contributed by atoms with van der Waals surface area (Å²) in [6.45, 7) is 3.67. The minimum atomic E-state index is -0.374. The van der Waals surface area contributed by atoms with E-state index in [0.717, 1.165) is 11.1 Å². The first-order valence-corrected chi connectivity index (χ1v) is 10.2. The highest BCUT2D eigenvalue weighted by atomic mass is 19.1. The summed E-state index contributed by atoms with van der Waals surface area (Å²) in [4.78, 5) is 26.2. The number of halogens is 1. The second-order valence-electron chi connectivity index (χ2n) is 7.65. The maximum Gasteiger partial charge on any atom is 0.265 e. The molecule has 7 heteroatoms. The van der Waals surface area contributed by atoms with Crippen LogP contribution in [-0.2, 0) is 16.1 Å². The lowest BCUT2D eigenvalue weighted by atomic mass is 10.1. The van der Waals surface area contributed by atoms with E-state index < -0.39 is 0 Å². The number of carbonyl (C=O) groups is 2. The zero-order valence-corrected chi connectivity index (χ0v) is 17.9. The molecule has 0 bridgehead atoms. The lowest BCUT2D eigenvalue weighted by Gasteiger charge is -2.30. The van der Waals surface area contributed by atoms with E-state index in [4.69, 9.17) is 9.47 Å². The SMILES string of the molecule is Cc1ccc(C)c(OCC(=O)Nc2ccc3c(c2)OCC(=O)N3Cc2ccccc2F)c1. The average molecular weight is 434 g/mol. The molecule has 0 fully saturated rings. The maximum absolute atomic E-state index is 14.1. The molecule has 3 aromatic carbocycles. The number of anilines is 2. The highest BCUT2D eigenvalue weighted by Gasteiger charge is 2.26. The van der Waals surface area contributed by atoms with Crippen molar-refractivity contribution in [1.29, 1.82) is 0 Å². The molecule has 1 N–H and O–H groups in total. The van der Waals surface area contributed by atoms with Gasteiger partial charge in [-0.1, -0.05) is 30.3 Å². The third-order valence-electron chi connectivity index (χ3n) is 5.18. The van der Waals surface area contributed by atoms with E-state index in [1.54, 1.807) is 36.4 Å². The van der Waals surface area contributed by atoms with Gasteiger partial charge in [0, 0.05) is 17.3 Å². The number of ether oxygens (including phenoxy) is 2. The van der Waals surface area contributed by atoms with Crippen LogP contribution in [0.2, 0.25) is 0 Å². The van der Waals surface area contributed by atoms with Crippen LogP contribution in [0.5, 0.6) is 11.5 Å². The smallest absolute Gasteiger partial charge is 0.265 e. The Kier molecular flexibility index (Phi) is 6.07. The van der Waals surface area contributed by atoms with Gasteiger partial charge in [-0.05, 0) is 49.2 Å². The van der Waals surface area contributed by atoms with E-state index in [-0.39, 0.29) is 37.4 Å². The lowest BCUT2D eigenvalue weighted by Crippen LogP contribution is -2.38. The van der Waals surface area contributed by atoms with Crippen LogP contribution in [0.4, 0.5) is 15.8 Å². The van der Waals surface area contributed by atoms with Crippen molar-refractivity contribution in [3.63, 3.8) is 0 Å². The Labute approximate surface area is 185 Å². The summed E-state index contributed by atoms with van der Waals surface area (Å²) in [5, 5.41) is 2.77. The zero-order valence-electron chi connectivity index (χ0n) is 17.9. The number of amides is 2. The second kappa shape index (κ2) is 9.09. The second-order valence-corrected chi connectivity index (χ2v) is 7.65. The van der Waals surface area contributed by atoms with Gasteiger partial charge >= 0.3 is 0 Å². The summed E-state index contributed by atoms with van der Waals surface area (Å²) in [6, 6.07) is 17.1. The van der Waals surface area contributed by atoms with Crippen molar-refractivity contribution in [1.82, 2.24) is 0 Å². The normalized spacial score (nSPS) is 12.7. The molecule has 1 heterocycles. The first kappa shape index (κ1) is 21.4. The number of hydrogen-bond acceptors (Lipinski definition) is 4. The topological polar surface area (TPSA) is 67.9 Å². The molecule has 164 valence electrons. The zero-order chi connectivity index (χ0) is 22.7. The predicted octanol–water partition coefficient (Wildman–Crippen LogP) is 4.39. The molecule has 2 amide bonds. The van der Waals surface area contributed by atoms with Gasteiger partial charge in [-0.25, -0.2) is 4.39 Å². The summed E-state index contributed by atoms with van der Waals surface area (Å²) < 4.78 is 25.3. The number of benzene rings is 3. The number of nitrogens with zero attached hydrogens (tertiary/aromatic N) is 1. The van der Waals surface area contributed by atoms with E-state index in [9.17, 15) is 14.0 Å². The summed E-state index contributed by atoms with van der Waals surface area (Å²) >= 11 is 0. The minimum absolute atomic E-state index is 0.0945. The van der Waals surface area contributed by atoms with E-state index in [1.807, 2.05) is 32.0 Å². The number of hydrogen-bond donors (Lipinski definition) is 1. The average Bonchev–Trinajstić information content (AvgIpc) is 2.77. The molecule has 3 aromatic rings. The summed E-state index contributed by atoms with van der Waals surface area (Å²) in [5.74, 6) is 0.145. The van der Waals surface area contributed by atoms with Gasteiger partial charge < -0.3 is 19.7 Å². The molecule has 0 aliphatic carbocycles. The first-order valence-electron chi connectivity index (χ1n) is 10.2. The number of fused-ring (bicyclic) bond motifs is 1. The molecule has 6 nitrogen and oxygen atoms in total. The van der Waals surface area contributed by atoms with Crippen molar-refractivity contribution in [2.75, 3.05) is 23.4 Å². The molecule has 0 atom stereocenters. The third kappa shape index (κ3) is 4.72. The summed E-state index contributed by atoms with van der Waals surface area (Å²) in [6.07, 6.45) is 0.